The van der Waals surface area contributed by atoms with Crippen LogP contribution >= 0.6 is 12.2 Å². The molecular formula is C20H18FN3O4S. The lowest BCUT2D eigenvalue weighted by molar-refractivity contribution is -0.384. The molecular weight excluding hydrogens is 397 g/mol. The molecule has 3 rings (SSSR count). The van der Waals surface area contributed by atoms with Crippen LogP contribution in [0.15, 0.2) is 59.8 Å². The standard InChI is InChI=1S/C20H18FN3O4S/c1-3-28-19(25)17-12(2)23(15-9-7-14(21)8-10-15)20(29)22-18(17)13-5-4-6-16(11-13)24(26)27/h4-11,18H,3H2,1-2H3,(H,22,29)/t18-/m1/s1. The second-order valence-electron chi connectivity index (χ2n) is 6.27. The normalized spacial score (nSPS) is 16.4. The quantitative estimate of drug-likeness (QED) is 0.342. The summed E-state index contributed by atoms with van der Waals surface area (Å²) >= 11 is 5.49. The molecule has 0 unspecified atom stereocenters. The molecule has 0 spiro atoms. The number of rotatable bonds is 5. The number of nitrogens with one attached hydrogen (secondary N) is 1. The first-order valence-electron chi connectivity index (χ1n) is 8.82. The Balaban J connectivity index is 2.13. The molecule has 1 N–H and O–H groups in total. The van der Waals surface area contributed by atoms with Gasteiger partial charge in [-0.25, -0.2) is 9.18 Å². The summed E-state index contributed by atoms with van der Waals surface area (Å²) in [5, 5.41) is 14.5. The number of hydrogen-bond acceptors (Lipinski definition) is 5. The number of nitro groups is 1. The van der Waals surface area contributed by atoms with E-state index in [1.807, 2.05) is 0 Å². The molecule has 0 bridgehead atoms. The molecule has 2 aromatic rings. The molecule has 9 heteroatoms. The minimum atomic E-state index is -0.724. The zero-order valence-corrected chi connectivity index (χ0v) is 16.5. The summed E-state index contributed by atoms with van der Waals surface area (Å²) in [6, 6.07) is 10.9. The van der Waals surface area contributed by atoms with Crippen molar-refractivity contribution in [3.8, 4) is 0 Å². The number of anilines is 1. The molecule has 150 valence electrons. The van der Waals surface area contributed by atoms with E-state index in [1.165, 1.54) is 24.3 Å². The van der Waals surface area contributed by atoms with E-state index in [1.54, 1.807) is 43.0 Å². The van der Waals surface area contributed by atoms with Gasteiger partial charge >= 0.3 is 5.97 Å². The van der Waals surface area contributed by atoms with Crippen molar-refractivity contribution in [3.63, 3.8) is 0 Å². The summed E-state index contributed by atoms with van der Waals surface area (Å²) in [7, 11) is 0. The highest BCUT2D eigenvalue weighted by molar-refractivity contribution is 7.80. The van der Waals surface area contributed by atoms with Crippen LogP contribution in [0.2, 0.25) is 0 Å². The minimum absolute atomic E-state index is 0.1000. The monoisotopic (exact) mass is 415 g/mol. The third-order valence-electron chi connectivity index (χ3n) is 4.48. The number of benzene rings is 2. The van der Waals surface area contributed by atoms with Crippen molar-refractivity contribution in [1.29, 1.82) is 0 Å². The van der Waals surface area contributed by atoms with Crippen LogP contribution in [0, 0.1) is 15.9 Å². The Kier molecular flexibility index (Phi) is 5.88. The Morgan fingerprint density at radius 2 is 2.00 bits per heavy atom. The zero-order chi connectivity index (χ0) is 21.1. The predicted octanol–water partition coefficient (Wildman–Crippen LogP) is 4.01. The molecule has 0 amide bonds. The van der Waals surface area contributed by atoms with E-state index in [0.717, 1.165) is 0 Å². The second-order valence-corrected chi connectivity index (χ2v) is 6.65. The van der Waals surface area contributed by atoms with Crippen LogP contribution in [0.3, 0.4) is 0 Å². The lowest BCUT2D eigenvalue weighted by Crippen LogP contribution is -2.48. The van der Waals surface area contributed by atoms with E-state index in [9.17, 15) is 19.3 Å². The number of carbonyl (C=O) groups is 1. The Morgan fingerprint density at radius 3 is 2.62 bits per heavy atom. The van der Waals surface area contributed by atoms with E-state index in [-0.39, 0.29) is 23.0 Å². The molecule has 2 aromatic carbocycles. The highest BCUT2D eigenvalue weighted by Gasteiger charge is 2.35. The first-order valence-corrected chi connectivity index (χ1v) is 9.22. The molecule has 0 aromatic heterocycles. The second kappa shape index (κ2) is 8.36. The van der Waals surface area contributed by atoms with Gasteiger partial charge in [0.1, 0.15) is 5.82 Å². The minimum Gasteiger partial charge on any atom is -0.463 e. The van der Waals surface area contributed by atoms with Crippen molar-refractivity contribution in [3.05, 3.63) is 81.3 Å². The van der Waals surface area contributed by atoms with Crippen LogP contribution in [-0.2, 0) is 9.53 Å². The predicted molar refractivity (Wildman–Crippen MR) is 110 cm³/mol. The van der Waals surface area contributed by atoms with Gasteiger partial charge in [-0.15, -0.1) is 0 Å². The lowest BCUT2D eigenvalue weighted by atomic mass is 9.94. The Hall–Kier alpha value is -3.33. The van der Waals surface area contributed by atoms with Crippen molar-refractivity contribution < 1.29 is 18.8 Å². The van der Waals surface area contributed by atoms with Gasteiger partial charge in [-0.2, -0.15) is 0 Å². The number of hydrogen-bond donors (Lipinski definition) is 1. The van der Waals surface area contributed by atoms with E-state index in [2.05, 4.69) is 5.32 Å². The van der Waals surface area contributed by atoms with Crippen LogP contribution in [0.1, 0.15) is 25.5 Å². The van der Waals surface area contributed by atoms with Crippen LogP contribution < -0.4 is 10.2 Å². The number of esters is 1. The maximum absolute atomic E-state index is 13.3. The van der Waals surface area contributed by atoms with Crippen LogP contribution in [0.5, 0.6) is 0 Å². The zero-order valence-electron chi connectivity index (χ0n) is 15.7. The molecule has 7 nitrogen and oxygen atoms in total. The summed E-state index contributed by atoms with van der Waals surface area (Å²) in [4.78, 5) is 25.0. The molecule has 0 saturated carbocycles. The number of allylic oxidation sites excluding steroid dienone is 1. The van der Waals surface area contributed by atoms with E-state index in [4.69, 9.17) is 17.0 Å². The fraction of sp³-hybridized carbons (Fsp3) is 0.200. The number of nitro benzene ring substituents is 1. The van der Waals surface area contributed by atoms with Crippen molar-refractivity contribution in [2.24, 2.45) is 0 Å². The van der Waals surface area contributed by atoms with E-state index < -0.39 is 22.8 Å². The highest BCUT2D eigenvalue weighted by atomic mass is 32.1. The summed E-state index contributed by atoms with van der Waals surface area (Å²) in [5.74, 6) is -0.963. The average Bonchev–Trinajstić information content (AvgIpc) is 2.69. The third kappa shape index (κ3) is 4.09. The van der Waals surface area contributed by atoms with Gasteiger partial charge in [-0.05, 0) is 55.9 Å². The summed E-state index contributed by atoms with van der Waals surface area (Å²) in [5.41, 5.74) is 1.74. The summed E-state index contributed by atoms with van der Waals surface area (Å²) in [6.45, 7) is 3.56. The van der Waals surface area contributed by atoms with Crippen molar-refractivity contribution in [2.75, 3.05) is 11.5 Å². The fourth-order valence-electron chi connectivity index (χ4n) is 3.19. The molecule has 1 aliphatic heterocycles. The molecule has 1 aliphatic rings. The van der Waals surface area contributed by atoms with Gasteiger partial charge in [-0.3, -0.25) is 15.0 Å². The molecule has 1 atom stereocenters. The summed E-state index contributed by atoms with van der Waals surface area (Å²) in [6.07, 6.45) is 0. The van der Waals surface area contributed by atoms with Gasteiger partial charge in [-0.1, -0.05) is 12.1 Å². The lowest BCUT2D eigenvalue weighted by Gasteiger charge is -2.37. The van der Waals surface area contributed by atoms with E-state index >= 15 is 0 Å². The molecule has 0 saturated heterocycles. The smallest absolute Gasteiger partial charge is 0.338 e. The first kappa shape index (κ1) is 20.4. The van der Waals surface area contributed by atoms with Gasteiger partial charge in [0.2, 0.25) is 0 Å². The van der Waals surface area contributed by atoms with Crippen molar-refractivity contribution >= 4 is 34.7 Å². The average molecular weight is 415 g/mol. The Bertz CT molecular complexity index is 1010. The van der Waals surface area contributed by atoms with Crippen LogP contribution in [0.4, 0.5) is 15.8 Å². The molecule has 0 fully saturated rings. The largest absolute Gasteiger partial charge is 0.463 e. The van der Waals surface area contributed by atoms with E-state index in [0.29, 0.717) is 16.9 Å². The number of ether oxygens (including phenoxy) is 1. The fourth-order valence-corrected chi connectivity index (χ4v) is 3.55. The van der Waals surface area contributed by atoms with Gasteiger partial charge in [0, 0.05) is 23.5 Å². The maximum atomic E-state index is 13.3. The van der Waals surface area contributed by atoms with Gasteiger partial charge in [0.25, 0.3) is 5.69 Å². The van der Waals surface area contributed by atoms with Gasteiger partial charge < -0.3 is 10.1 Å². The number of thiocarbonyl (C=S) groups is 1. The van der Waals surface area contributed by atoms with Gasteiger partial charge in [0.05, 0.1) is 23.1 Å². The molecule has 0 radical (unpaired) electrons. The Morgan fingerprint density at radius 1 is 1.31 bits per heavy atom. The van der Waals surface area contributed by atoms with Crippen molar-refractivity contribution in [2.45, 2.75) is 19.9 Å². The highest BCUT2D eigenvalue weighted by Crippen LogP contribution is 2.35. The third-order valence-corrected chi connectivity index (χ3v) is 4.78. The molecule has 0 aliphatic carbocycles. The topological polar surface area (TPSA) is 84.7 Å². The van der Waals surface area contributed by atoms with Gasteiger partial charge in [0.15, 0.2) is 5.11 Å². The van der Waals surface area contributed by atoms with Crippen molar-refractivity contribution in [1.82, 2.24) is 5.32 Å². The molecule has 1 heterocycles. The number of halogens is 1. The van der Waals surface area contributed by atoms with Crippen LogP contribution in [-0.4, -0.2) is 22.6 Å². The summed E-state index contributed by atoms with van der Waals surface area (Å²) < 4.78 is 18.6. The first-order chi connectivity index (χ1) is 13.8. The SMILES string of the molecule is CCOC(=O)C1=C(C)N(c2ccc(F)cc2)C(=S)N[C@@H]1c1cccc([N+](=O)[O-])c1. The molecule has 29 heavy (non-hydrogen) atoms. The Labute approximate surface area is 171 Å². The number of non-ortho nitro benzene ring substituents is 1. The number of nitrogens with zero attached hydrogens (tertiary/aromatic N) is 2. The van der Waals surface area contributed by atoms with Crippen LogP contribution in [0.25, 0.3) is 0 Å². The number of carbonyl (C=O) groups excluding carboxylic acids is 1. The maximum Gasteiger partial charge on any atom is 0.338 e.